The molecule has 20 heavy (non-hydrogen) atoms. The normalized spacial score (nSPS) is 10.2. The molecule has 7 heteroatoms. The van der Waals surface area contributed by atoms with E-state index in [0.29, 0.717) is 0 Å². The van der Waals surface area contributed by atoms with Crippen LogP contribution in [0.5, 0.6) is 0 Å². The number of carboxylic acids is 1. The number of halogens is 3. The number of rotatable bonds is 4. The number of aliphatic carboxylic acids is 1. The molecule has 1 aromatic carbocycles. The first kappa shape index (κ1) is 17.8. The highest BCUT2D eigenvalue weighted by Gasteiger charge is 2.31. The van der Waals surface area contributed by atoms with Crippen LogP contribution in [0.3, 0.4) is 0 Å². The van der Waals surface area contributed by atoms with E-state index in [-0.39, 0.29) is 17.8 Å². The molecule has 0 heterocycles. The van der Waals surface area contributed by atoms with Gasteiger partial charge in [0, 0.05) is 5.56 Å². The van der Waals surface area contributed by atoms with Gasteiger partial charge in [0.2, 0.25) is 0 Å². The predicted molar refractivity (Wildman–Crippen MR) is 64.4 cm³/mol. The van der Waals surface area contributed by atoms with Crippen LogP contribution in [0, 0.1) is 0 Å². The Morgan fingerprint density at radius 3 is 1.90 bits per heavy atom. The van der Waals surface area contributed by atoms with Crippen molar-refractivity contribution in [1.82, 2.24) is 0 Å². The zero-order valence-corrected chi connectivity index (χ0v) is 10.6. The Hall–Kier alpha value is -2.18. The van der Waals surface area contributed by atoms with Crippen LogP contribution in [0.15, 0.2) is 30.3 Å². The molecule has 0 unspecified atom stereocenters. The Bertz CT molecular complexity index is 454. The molecule has 1 aromatic rings. The summed E-state index contributed by atoms with van der Waals surface area (Å²) < 4.78 is 35.3. The molecule has 0 amide bonds. The molecule has 1 N–H and O–H groups in total. The van der Waals surface area contributed by atoms with Crippen molar-refractivity contribution in [3.8, 4) is 0 Å². The fraction of sp³-hybridized carbons (Fsp3) is 0.308. The average Bonchev–Trinajstić information content (AvgIpc) is 2.26. The molecule has 0 aliphatic rings. The van der Waals surface area contributed by atoms with Crippen LogP contribution in [0.25, 0.3) is 0 Å². The number of Topliss-reactive ketones (excluding diaryl/α,β-unsaturated/α-hetero) is 2. The molecule has 110 valence electrons. The first-order valence-electron chi connectivity index (χ1n) is 5.48. The third-order valence-electron chi connectivity index (χ3n) is 1.86. The largest absolute Gasteiger partial charge is 0.481 e. The predicted octanol–water partition coefficient (Wildman–Crippen LogP) is 2.87. The Morgan fingerprint density at radius 2 is 1.60 bits per heavy atom. The van der Waals surface area contributed by atoms with E-state index in [2.05, 4.69) is 0 Å². The molecule has 0 atom stereocenters. The van der Waals surface area contributed by atoms with Gasteiger partial charge in [-0.05, 0) is 6.92 Å². The van der Waals surface area contributed by atoms with Crippen molar-refractivity contribution in [2.75, 3.05) is 0 Å². The topological polar surface area (TPSA) is 71.4 Å². The smallest absolute Gasteiger partial charge is 0.396 e. The second-order valence-corrected chi connectivity index (χ2v) is 3.85. The van der Waals surface area contributed by atoms with Crippen molar-refractivity contribution >= 4 is 17.5 Å². The van der Waals surface area contributed by atoms with Gasteiger partial charge >= 0.3 is 12.1 Å². The molecule has 0 saturated carbocycles. The van der Waals surface area contributed by atoms with E-state index < -0.39 is 24.3 Å². The van der Waals surface area contributed by atoms with Crippen LogP contribution < -0.4 is 0 Å². The van der Waals surface area contributed by atoms with Crippen molar-refractivity contribution in [3.05, 3.63) is 35.9 Å². The summed E-state index contributed by atoms with van der Waals surface area (Å²) in [5, 5.41) is 7.86. The standard InChI is InChI=1S/C9H7F3O.C4H6O3/c10-9(11,12)6-8(13)7-4-2-1-3-5-7;1-3(5)2-4(6)7/h1-5H,6H2;2H2,1H3,(H,6,7). The Kier molecular flexibility index (Phi) is 7.20. The lowest BCUT2D eigenvalue weighted by Gasteiger charge is -2.04. The molecule has 1 rings (SSSR count). The van der Waals surface area contributed by atoms with E-state index in [1.54, 1.807) is 6.07 Å². The summed E-state index contributed by atoms with van der Waals surface area (Å²) >= 11 is 0. The summed E-state index contributed by atoms with van der Waals surface area (Å²) in [7, 11) is 0. The zero-order chi connectivity index (χ0) is 15.8. The van der Waals surface area contributed by atoms with Crippen LogP contribution in [0.2, 0.25) is 0 Å². The van der Waals surface area contributed by atoms with Gasteiger partial charge < -0.3 is 5.11 Å². The van der Waals surface area contributed by atoms with Crippen LogP contribution in [0.1, 0.15) is 30.1 Å². The SMILES string of the molecule is CC(=O)CC(=O)O.O=C(CC(F)(F)F)c1ccccc1. The second kappa shape index (κ2) is 8.08. The number of carboxylic acid groups (broad SMARTS) is 1. The highest BCUT2D eigenvalue weighted by Crippen LogP contribution is 2.21. The molecular weight excluding hydrogens is 277 g/mol. The molecule has 0 spiro atoms. The second-order valence-electron chi connectivity index (χ2n) is 3.85. The minimum Gasteiger partial charge on any atom is -0.481 e. The van der Waals surface area contributed by atoms with Gasteiger partial charge in [0.15, 0.2) is 5.78 Å². The summed E-state index contributed by atoms with van der Waals surface area (Å²) in [6.07, 6.45) is -6.18. The van der Waals surface area contributed by atoms with Crippen molar-refractivity contribution in [2.45, 2.75) is 25.9 Å². The number of hydrogen-bond donors (Lipinski definition) is 1. The lowest BCUT2D eigenvalue weighted by atomic mass is 10.1. The molecule has 0 aliphatic carbocycles. The van der Waals surface area contributed by atoms with Crippen molar-refractivity contribution < 1.29 is 32.7 Å². The summed E-state index contributed by atoms with van der Waals surface area (Å²) in [6, 6.07) is 7.44. The van der Waals surface area contributed by atoms with E-state index in [1.165, 1.54) is 31.2 Å². The van der Waals surface area contributed by atoms with Crippen LogP contribution in [-0.4, -0.2) is 28.8 Å². The summed E-state index contributed by atoms with van der Waals surface area (Å²) in [6.45, 7) is 1.24. The van der Waals surface area contributed by atoms with Gasteiger partial charge in [-0.2, -0.15) is 13.2 Å². The van der Waals surface area contributed by atoms with Crippen molar-refractivity contribution in [1.29, 1.82) is 0 Å². The van der Waals surface area contributed by atoms with Gasteiger partial charge in [-0.15, -0.1) is 0 Å². The Morgan fingerprint density at radius 1 is 1.10 bits per heavy atom. The molecule has 0 radical (unpaired) electrons. The number of alkyl halides is 3. The quantitative estimate of drug-likeness (QED) is 0.683. The average molecular weight is 290 g/mol. The summed E-state index contributed by atoms with van der Waals surface area (Å²) in [4.78, 5) is 30.4. The maximum Gasteiger partial charge on any atom is 0.396 e. The third-order valence-corrected chi connectivity index (χ3v) is 1.86. The van der Waals surface area contributed by atoms with Gasteiger partial charge in [0.05, 0.1) is 0 Å². The van der Waals surface area contributed by atoms with E-state index >= 15 is 0 Å². The Balaban J connectivity index is 0.000000441. The fourth-order valence-corrected chi connectivity index (χ4v) is 1.12. The number of carbonyl (C=O) groups excluding carboxylic acids is 2. The van der Waals surface area contributed by atoms with E-state index in [4.69, 9.17) is 5.11 Å². The number of hydrogen-bond acceptors (Lipinski definition) is 3. The number of carbonyl (C=O) groups is 3. The van der Waals surface area contributed by atoms with Gasteiger partial charge in [-0.25, -0.2) is 0 Å². The molecule has 4 nitrogen and oxygen atoms in total. The maximum absolute atomic E-state index is 11.8. The zero-order valence-electron chi connectivity index (χ0n) is 10.6. The molecular formula is C13H13F3O4. The monoisotopic (exact) mass is 290 g/mol. The van der Waals surface area contributed by atoms with Crippen molar-refractivity contribution in [2.24, 2.45) is 0 Å². The lowest BCUT2D eigenvalue weighted by molar-refractivity contribution is -0.139. The maximum atomic E-state index is 11.8. The fourth-order valence-electron chi connectivity index (χ4n) is 1.12. The highest BCUT2D eigenvalue weighted by molar-refractivity contribution is 5.96. The van der Waals surface area contributed by atoms with E-state index in [0.717, 1.165) is 0 Å². The van der Waals surface area contributed by atoms with Crippen LogP contribution in [-0.2, 0) is 9.59 Å². The van der Waals surface area contributed by atoms with Gasteiger partial charge in [0.1, 0.15) is 18.6 Å². The van der Waals surface area contributed by atoms with Crippen molar-refractivity contribution in [3.63, 3.8) is 0 Å². The van der Waals surface area contributed by atoms with Gasteiger partial charge in [-0.1, -0.05) is 30.3 Å². The molecule has 0 saturated heterocycles. The molecule has 0 fully saturated rings. The van der Waals surface area contributed by atoms with Gasteiger partial charge in [0.25, 0.3) is 0 Å². The van der Waals surface area contributed by atoms with E-state index in [9.17, 15) is 27.6 Å². The van der Waals surface area contributed by atoms with Crippen LogP contribution in [0.4, 0.5) is 13.2 Å². The molecule has 0 aliphatic heterocycles. The highest BCUT2D eigenvalue weighted by atomic mass is 19.4. The summed E-state index contributed by atoms with van der Waals surface area (Å²) in [5.74, 6) is -2.27. The Labute approximate surface area is 113 Å². The minimum absolute atomic E-state index is 0.0971. The lowest BCUT2D eigenvalue weighted by Crippen LogP contribution is -2.14. The number of benzene rings is 1. The number of ketones is 2. The van der Waals surface area contributed by atoms with Crippen LogP contribution >= 0.6 is 0 Å². The first-order chi connectivity index (χ1) is 9.11. The first-order valence-corrected chi connectivity index (χ1v) is 5.48. The minimum atomic E-state index is -4.42. The molecule has 0 bridgehead atoms. The molecule has 0 aromatic heterocycles. The van der Waals surface area contributed by atoms with E-state index in [1.807, 2.05) is 0 Å². The summed E-state index contributed by atoms with van der Waals surface area (Å²) in [5.41, 5.74) is 0.0971. The third kappa shape index (κ3) is 9.81. The van der Waals surface area contributed by atoms with Gasteiger partial charge in [-0.3, -0.25) is 14.4 Å².